The van der Waals surface area contributed by atoms with Gasteiger partial charge in [0.1, 0.15) is 11.9 Å². The molecule has 1 saturated heterocycles. The topological polar surface area (TPSA) is 120 Å². The van der Waals surface area contributed by atoms with Gasteiger partial charge in [-0.1, -0.05) is 17.7 Å². The molecule has 0 radical (unpaired) electrons. The molecule has 0 amide bonds. The molecule has 0 unspecified atom stereocenters. The lowest BCUT2D eigenvalue weighted by atomic mass is 10.2. The number of halogens is 1. The summed E-state index contributed by atoms with van der Waals surface area (Å²) in [5.74, 6) is 0.702. The van der Waals surface area contributed by atoms with Crippen molar-refractivity contribution in [1.29, 1.82) is 0 Å². The van der Waals surface area contributed by atoms with Crippen molar-refractivity contribution in [2.45, 2.75) is 12.5 Å². The minimum absolute atomic E-state index is 0.129. The maximum absolute atomic E-state index is 11.8. The number of rotatable bonds is 7. The third-order valence-corrected chi connectivity index (χ3v) is 6.07. The molecule has 180 valence electrons. The number of hydrogen-bond donors (Lipinski definition) is 1. The van der Waals surface area contributed by atoms with Crippen LogP contribution in [0.1, 0.15) is 6.42 Å². The smallest absolute Gasteiger partial charge is 0.313 e. The molecule has 1 aromatic carbocycles. The highest BCUT2D eigenvalue weighted by molar-refractivity contribution is 6.33. The molecule has 0 spiro atoms. The van der Waals surface area contributed by atoms with Gasteiger partial charge in [-0.2, -0.15) is 5.10 Å². The Morgan fingerprint density at radius 3 is 2.86 bits per heavy atom. The van der Waals surface area contributed by atoms with Gasteiger partial charge >= 0.3 is 5.69 Å². The van der Waals surface area contributed by atoms with E-state index in [1.807, 2.05) is 31.4 Å². The average Bonchev–Trinajstić information content (AvgIpc) is 3.46. The van der Waals surface area contributed by atoms with E-state index >= 15 is 0 Å². The fourth-order valence-electron chi connectivity index (χ4n) is 4.08. The van der Waals surface area contributed by atoms with Crippen LogP contribution < -0.4 is 14.8 Å². The second-order valence-electron chi connectivity index (χ2n) is 8.17. The summed E-state index contributed by atoms with van der Waals surface area (Å²) >= 11 is 6.40. The molecule has 5 rings (SSSR count). The number of nitro groups is 1. The fourth-order valence-corrected chi connectivity index (χ4v) is 4.27. The first-order valence-electron chi connectivity index (χ1n) is 10.9. The lowest BCUT2D eigenvalue weighted by Crippen LogP contribution is -2.21. The van der Waals surface area contributed by atoms with Gasteiger partial charge in [0, 0.05) is 37.0 Å². The number of nitrogens with zero attached hydrogens (tertiary/aromatic N) is 6. The van der Waals surface area contributed by atoms with E-state index < -0.39 is 4.92 Å². The molecular weight excluding hydrogens is 474 g/mol. The molecule has 11 nitrogen and oxygen atoms in total. The van der Waals surface area contributed by atoms with Crippen molar-refractivity contribution < 1.29 is 14.4 Å². The number of ether oxygens (including phenoxy) is 2. The van der Waals surface area contributed by atoms with Gasteiger partial charge in [-0.05, 0) is 25.6 Å². The molecule has 0 saturated carbocycles. The van der Waals surface area contributed by atoms with Crippen LogP contribution >= 0.6 is 11.6 Å². The number of nitro benzene ring substituents is 1. The molecule has 1 fully saturated rings. The van der Waals surface area contributed by atoms with Crippen LogP contribution in [0.5, 0.6) is 11.5 Å². The Kier molecular flexibility index (Phi) is 6.10. The first-order valence-corrected chi connectivity index (χ1v) is 11.2. The van der Waals surface area contributed by atoms with E-state index in [1.165, 1.54) is 25.4 Å². The highest BCUT2D eigenvalue weighted by Gasteiger charge is 2.27. The lowest BCUT2D eigenvalue weighted by Gasteiger charge is -2.17. The number of benzene rings is 1. The van der Waals surface area contributed by atoms with Gasteiger partial charge in [-0.25, -0.2) is 14.5 Å². The molecule has 4 aromatic rings. The van der Waals surface area contributed by atoms with E-state index in [-0.39, 0.29) is 23.5 Å². The Bertz CT molecular complexity index is 1410. The van der Waals surface area contributed by atoms with Crippen molar-refractivity contribution >= 4 is 34.4 Å². The molecule has 0 bridgehead atoms. The minimum atomic E-state index is -0.480. The summed E-state index contributed by atoms with van der Waals surface area (Å²) in [5.41, 5.74) is 2.17. The van der Waals surface area contributed by atoms with Crippen molar-refractivity contribution in [3.8, 4) is 22.8 Å². The Morgan fingerprint density at radius 2 is 2.11 bits per heavy atom. The third kappa shape index (κ3) is 4.55. The average molecular weight is 496 g/mol. The Balaban J connectivity index is 1.49. The number of aromatic nitrogens is 4. The minimum Gasteiger partial charge on any atom is -0.494 e. The summed E-state index contributed by atoms with van der Waals surface area (Å²) in [6.07, 6.45) is 5.62. The molecule has 3 aromatic heterocycles. The predicted molar refractivity (Wildman–Crippen MR) is 131 cm³/mol. The second kappa shape index (κ2) is 9.35. The van der Waals surface area contributed by atoms with E-state index in [2.05, 4.69) is 25.3 Å². The SMILES string of the molecule is COc1cc(O[C@@H]2CCN(C)C2)c([N+](=O)[O-])cc1Nc1ncc(Cl)c(-c2cnn3ccccc23)n1. The molecule has 0 aliphatic carbocycles. The molecule has 1 aliphatic rings. The van der Waals surface area contributed by atoms with Gasteiger partial charge in [0.25, 0.3) is 0 Å². The second-order valence-corrected chi connectivity index (χ2v) is 8.58. The monoisotopic (exact) mass is 495 g/mol. The van der Waals surface area contributed by atoms with E-state index in [0.29, 0.717) is 28.7 Å². The van der Waals surface area contributed by atoms with E-state index in [4.69, 9.17) is 21.1 Å². The van der Waals surface area contributed by atoms with Crippen molar-refractivity contribution in [1.82, 2.24) is 24.5 Å². The van der Waals surface area contributed by atoms with E-state index in [9.17, 15) is 10.1 Å². The van der Waals surface area contributed by atoms with Crippen LogP contribution in [-0.2, 0) is 0 Å². The summed E-state index contributed by atoms with van der Waals surface area (Å²) in [5, 5.41) is 19.5. The molecule has 35 heavy (non-hydrogen) atoms. The predicted octanol–water partition coefficient (Wildman–Crippen LogP) is 4.19. The summed E-state index contributed by atoms with van der Waals surface area (Å²) in [4.78, 5) is 22.3. The number of anilines is 2. The van der Waals surface area contributed by atoms with Gasteiger partial charge < -0.3 is 19.7 Å². The largest absolute Gasteiger partial charge is 0.494 e. The molecule has 1 aliphatic heterocycles. The highest BCUT2D eigenvalue weighted by Crippen LogP contribution is 2.40. The van der Waals surface area contributed by atoms with E-state index in [1.54, 1.807) is 10.7 Å². The first kappa shape index (κ1) is 22.8. The number of likely N-dealkylation sites (N-methyl/N-ethyl adjacent to an activating group) is 1. The van der Waals surface area contributed by atoms with Crippen LogP contribution in [0.4, 0.5) is 17.3 Å². The van der Waals surface area contributed by atoms with Gasteiger partial charge in [0.2, 0.25) is 11.7 Å². The summed E-state index contributed by atoms with van der Waals surface area (Å²) in [6.45, 7) is 1.57. The number of likely N-dealkylation sites (tertiary alicyclic amines) is 1. The van der Waals surface area contributed by atoms with Crippen molar-refractivity contribution in [3.05, 3.63) is 64.1 Å². The third-order valence-electron chi connectivity index (χ3n) is 5.79. The molecule has 1 N–H and O–H groups in total. The quantitative estimate of drug-likeness (QED) is 0.297. The molecule has 4 heterocycles. The fraction of sp³-hybridized carbons (Fsp3) is 0.261. The normalized spacial score (nSPS) is 15.9. The zero-order valence-electron chi connectivity index (χ0n) is 19.0. The van der Waals surface area contributed by atoms with Gasteiger partial charge in [0.15, 0.2) is 0 Å². The Hall–Kier alpha value is -3.96. The lowest BCUT2D eigenvalue weighted by molar-refractivity contribution is -0.386. The van der Waals surface area contributed by atoms with Crippen molar-refractivity contribution in [2.75, 3.05) is 32.6 Å². The molecule has 12 heteroatoms. The van der Waals surface area contributed by atoms with Gasteiger partial charge in [-0.15, -0.1) is 0 Å². The van der Waals surface area contributed by atoms with Crippen LogP contribution in [0.25, 0.3) is 16.8 Å². The zero-order valence-corrected chi connectivity index (χ0v) is 19.8. The first-order chi connectivity index (χ1) is 16.9. The molecule has 1 atom stereocenters. The van der Waals surface area contributed by atoms with Crippen LogP contribution in [0.15, 0.2) is 48.9 Å². The maximum atomic E-state index is 11.8. The van der Waals surface area contributed by atoms with Crippen LogP contribution in [0.2, 0.25) is 5.02 Å². The summed E-state index contributed by atoms with van der Waals surface area (Å²) in [6, 6.07) is 8.55. The number of methoxy groups -OCH3 is 1. The highest BCUT2D eigenvalue weighted by atomic mass is 35.5. The number of hydrogen-bond acceptors (Lipinski definition) is 9. The van der Waals surface area contributed by atoms with Crippen molar-refractivity contribution in [3.63, 3.8) is 0 Å². The van der Waals surface area contributed by atoms with Crippen LogP contribution in [-0.4, -0.2) is 62.8 Å². The van der Waals surface area contributed by atoms with E-state index in [0.717, 1.165) is 24.0 Å². The maximum Gasteiger partial charge on any atom is 0.313 e. The summed E-state index contributed by atoms with van der Waals surface area (Å²) in [7, 11) is 3.46. The summed E-state index contributed by atoms with van der Waals surface area (Å²) < 4.78 is 13.2. The van der Waals surface area contributed by atoms with Crippen LogP contribution in [0, 0.1) is 10.1 Å². The van der Waals surface area contributed by atoms with Gasteiger partial charge in [0.05, 0.1) is 46.3 Å². The molecular formula is C23H22ClN7O4. The van der Waals surface area contributed by atoms with Gasteiger partial charge in [-0.3, -0.25) is 10.1 Å². The Morgan fingerprint density at radius 1 is 1.26 bits per heavy atom. The van der Waals surface area contributed by atoms with Crippen molar-refractivity contribution in [2.24, 2.45) is 0 Å². The Labute approximate surface area is 205 Å². The standard InChI is InChI=1S/C23H22ClN7O4/c1-29-8-6-14(13-29)35-21-10-20(34-2)17(9-19(21)31(32)33)27-23-25-12-16(24)22(28-23)15-11-26-30-7-4-3-5-18(15)30/h3-5,7,9-12,14H,6,8,13H2,1-2H3,(H,25,27,28)/t14-/m1/s1. The number of nitrogens with one attached hydrogen (secondary N) is 1. The number of pyridine rings is 1. The number of fused-ring (bicyclic) bond motifs is 1. The zero-order chi connectivity index (χ0) is 24.5. The van der Waals surface area contributed by atoms with Crippen LogP contribution in [0.3, 0.4) is 0 Å².